The second-order valence-electron chi connectivity index (χ2n) is 5.49. The van der Waals surface area contributed by atoms with Crippen molar-refractivity contribution in [2.75, 3.05) is 4.90 Å². The van der Waals surface area contributed by atoms with Gasteiger partial charge < -0.3 is 0 Å². The summed E-state index contributed by atoms with van der Waals surface area (Å²) in [4.78, 5) is 12.7. The van der Waals surface area contributed by atoms with Crippen molar-refractivity contribution in [3.63, 3.8) is 0 Å². The van der Waals surface area contributed by atoms with Gasteiger partial charge in [0.1, 0.15) is 11.6 Å². The van der Waals surface area contributed by atoms with Gasteiger partial charge in [-0.2, -0.15) is 5.10 Å². The van der Waals surface area contributed by atoms with Crippen LogP contribution in [0.25, 0.3) is 11.1 Å². The molecule has 2 aromatic carbocycles. The lowest BCUT2D eigenvalue weighted by atomic mass is 10.0. The topological polar surface area (TPSA) is 38.1 Å². The smallest absolute Gasteiger partial charge is 0.279 e. The molecule has 1 amide bonds. The van der Waals surface area contributed by atoms with E-state index in [2.05, 4.69) is 5.10 Å². The molecule has 0 atom stereocenters. The number of carbonyl (C=O) groups is 1. The maximum atomic E-state index is 14.2. The number of hydrogen-bond acceptors (Lipinski definition) is 2. The summed E-state index contributed by atoms with van der Waals surface area (Å²) in [6.07, 6.45) is -1.28. The van der Waals surface area contributed by atoms with E-state index >= 15 is 0 Å². The Morgan fingerprint density at radius 1 is 1.08 bits per heavy atom. The predicted molar refractivity (Wildman–Crippen MR) is 88.2 cm³/mol. The molecule has 0 saturated carbocycles. The van der Waals surface area contributed by atoms with Crippen LogP contribution in [0.2, 0.25) is 0 Å². The van der Waals surface area contributed by atoms with E-state index in [1.54, 1.807) is 12.1 Å². The largest absolute Gasteiger partial charge is 0.284 e. The zero-order chi connectivity index (χ0) is 18.8. The van der Waals surface area contributed by atoms with Crippen molar-refractivity contribution in [1.82, 2.24) is 9.78 Å². The summed E-state index contributed by atoms with van der Waals surface area (Å²) in [5, 5.41) is 3.68. The van der Waals surface area contributed by atoms with Gasteiger partial charge in [0.05, 0.1) is 11.4 Å². The summed E-state index contributed by atoms with van der Waals surface area (Å²) in [5.41, 5.74) is -0.234. The molecule has 0 saturated heterocycles. The molecule has 3 aromatic rings. The molecule has 26 heavy (non-hydrogen) atoms. The van der Waals surface area contributed by atoms with Crippen LogP contribution in [0.15, 0.2) is 48.7 Å². The van der Waals surface area contributed by atoms with Crippen LogP contribution >= 0.6 is 0 Å². The van der Waals surface area contributed by atoms with Crippen molar-refractivity contribution in [2.24, 2.45) is 7.05 Å². The summed E-state index contributed by atoms with van der Waals surface area (Å²) in [6.45, 7) is 0. The Morgan fingerprint density at radius 3 is 2.46 bits per heavy atom. The number of alkyl halides is 2. The predicted octanol–water partition coefficient (Wildman–Crippen LogP) is 4.60. The van der Waals surface area contributed by atoms with Crippen molar-refractivity contribution in [2.45, 2.75) is 6.43 Å². The summed E-state index contributed by atoms with van der Waals surface area (Å²) < 4.78 is 55.1. The number of rotatable bonds is 5. The normalized spacial score (nSPS) is 11.0. The van der Waals surface area contributed by atoms with Gasteiger partial charge >= 0.3 is 0 Å². The fourth-order valence-corrected chi connectivity index (χ4v) is 2.70. The van der Waals surface area contributed by atoms with E-state index in [4.69, 9.17) is 0 Å². The van der Waals surface area contributed by atoms with Crippen LogP contribution in [0.5, 0.6) is 0 Å². The van der Waals surface area contributed by atoms with E-state index in [9.17, 15) is 22.4 Å². The number of aryl methyl sites for hydroxylation is 1. The van der Waals surface area contributed by atoms with Gasteiger partial charge in [-0.15, -0.1) is 0 Å². The summed E-state index contributed by atoms with van der Waals surface area (Å²) in [5.74, 6) is -1.58. The van der Waals surface area contributed by atoms with Gasteiger partial charge in [0.15, 0.2) is 5.69 Å². The van der Waals surface area contributed by atoms with E-state index in [1.807, 2.05) is 0 Å². The van der Waals surface area contributed by atoms with Crippen LogP contribution in [0.1, 0.15) is 12.1 Å². The lowest BCUT2D eigenvalue weighted by molar-refractivity contribution is -0.106. The number of hydrogen-bond donors (Lipinski definition) is 0. The SMILES string of the molecule is Cn1cc(N(C=O)c2ccccc2-c2ccc(F)cc2F)c(C(F)F)n1. The van der Waals surface area contributed by atoms with Gasteiger partial charge in [-0.3, -0.25) is 14.4 Å². The Balaban J connectivity index is 2.19. The maximum absolute atomic E-state index is 14.2. The lowest BCUT2D eigenvalue weighted by Crippen LogP contribution is -2.16. The fourth-order valence-electron chi connectivity index (χ4n) is 2.70. The molecule has 0 radical (unpaired) electrons. The first kappa shape index (κ1) is 17.7. The van der Waals surface area contributed by atoms with Crippen LogP contribution in [0.3, 0.4) is 0 Å². The molecule has 0 bridgehead atoms. The van der Waals surface area contributed by atoms with E-state index < -0.39 is 23.8 Å². The van der Waals surface area contributed by atoms with Crippen LogP contribution in [-0.2, 0) is 11.8 Å². The summed E-state index contributed by atoms with van der Waals surface area (Å²) in [7, 11) is 1.45. The minimum Gasteiger partial charge on any atom is -0.279 e. The van der Waals surface area contributed by atoms with Crippen molar-refractivity contribution in [1.29, 1.82) is 0 Å². The average molecular weight is 363 g/mol. The second-order valence-corrected chi connectivity index (χ2v) is 5.49. The van der Waals surface area contributed by atoms with Gasteiger partial charge in [0.25, 0.3) is 6.43 Å². The van der Waals surface area contributed by atoms with E-state index in [0.29, 0.717) is 12.5 Å². The molecular weight excluding hydrogens is 350 g/mol. The van der Waals surface area contributed by atoms with Gasteiger partial charge in [0.2, 0.25) is 6.41 Å². The average Bonchev–Trinajstić information content (AvgIpc) is 2.98. The molecule has 4 nitrogen and oxygen atoms in total. The summed E-state index contributed by atoms with van der Waals surface area (Å²) >= 11 is 0. The molecule has 0 N–H and O–H groups in total. The molecule has 1 aromatic heterocycles. The highest BCUT2D eigenvalue weighted by Crippen LogP contribution is 2.38. The number of aromatic nitrogens is 2. The van der Waals surface area contributed by atoms with Crippen molar-refractivity contribution in [3.8, 4) is 11.1 Å². The van der Waals surface area contributed by atoms with Crippen molar-refractivity contribution >= 4 is 17.8 Å². The molecule has 0 aliphatic heterocycles. The number of anilines is 2. The van der Waals surface area contributed by atoms with Gasteiger partial charge in [-0.05, 0) is 18.2 Å². The number of carbonyl (C=O) groups excluding carboxylic acids is 1. The zero-order valence-corrected chi connectivity index (χ0v) is 13.5. The lowest BCUT2D eigenvalue weighted by Gasteiger charge is -2.21. The number of nitrogens with zero attached hydrogens (tertiary/aromatic N) is 3. The first-order valence-corrected chi connectivity index (χ1v) is 7.53. The molecule has 8 heteroatoms. The van der Waals surface area contributed by atoms with Crippen LogP contribution in [0.4, 0.5) is 28.9 Å². The Hall–Kier alpha value is -3.16. The van der Waals surface area contributed by atoms with Crippen LogP contribution < -0.4 is 4.90 Å². The van der Waals surface area contributed by atoms with E-state index in [-0.39, 0.29) is 22.5 Å². The Morgan fingerprint density at radius 2 is 1.81 bits per heavy atom. The number of benzene rings is 2. The minimum absolute atomic E-state index is 0.0383. The quantitative estimate of drug-likeness (QED) is 0.491. The monoisotopic (exact) mass is 363 g/mol. The van der Waals surface area contributed by atoms with Gasteiger partial charge in [-0.1, -0.05) is 18.2 Å². The number of halogens is 4. The molecular formula is C18H13F4N3O. The second kappa shape index (κ2) is 6.99. The molecule has 1 heterocycles. The highest BCUT2D eigenvalue weighted by atomic mass is 19.3. The van der Waals surface area contributed by atoms with Gasteiger partial charge in [0, 0.05) is 30.4 Å². The third-order valence-electron chi connectivity index (χ3n) is 3.79. The zero-order valence-electron chi connectivity index (χ0n) is 13.5. The van der Waals surface area contributed by atoms with Crippen LogP contribution in [0, 0.1) is 11.6 Å². The Labute approximate surface area is 146 Å². The Bertz CT molecular complexity index is 955. The molecule has 0 fully saturated rings. The highest BCUT2D eigenvalue weighted by Gasteiger charge is 2.25. The maximum Gasteiger partial charge on any atom is 0.284 e. The highest BCUT2D eigenvalue weighted by molar-refractivity contribution is 5.94. The van der Waals surface area contributed by atoms with E-state index in [0.717, 1.165) is 15.6 Å². The number of amides is 1. The molecule has 0 unspecified atom stereocenters. The molecule has 134 valence electrons. The van der Waals surface area contributed by atoms with E-state index in [1.165, 1.54) is 31.4 Å². The minimum atomic E-state index is -2.90. The van der Waals surface area contributed by atoms with Crippen LogP contribution in [-0.4, -0.2) is 16.2 Å². The molecule has 0 spiro atoms. The van der Waals surface area contributed by atoms with Crippen molar-refractivity contribution in [3.05, 3.63) is 66.0 Å². The first-order chi connectivity index (χ1) is 12.4. The standard InChI is InChI=1S/C18H13F4N3O/c1-24-9-16(17(23-24)18(21)22)25(10-26)15-5-3-2-4-13(15)12-7-6-11(19)8-14(12)20/h2-10,18H,1H3. The van der Waals surface area contributed by atoms with Crippen molar-refractivity contribution < 1.29 is 22.4 Å². The molecule has 0 aliphatic carbocycles. The summed E-state index contributed by atoms with van der Waals surface area (Å²) in [6, 6.07) is 9.19. The third kappa shape index (κ3) is 3.17. The number of para-hydroxylation sites is 1. The molecule has 0 aliphatic rings. The van der Waals surface area contributed by atoms with Gasteiger partial charge in [-0.25, -0.2) is 17.6 Å². The first-order valence-electron chi connectivity index (χ1n) is 7.53. The Kier molecular flexibility index (Phi) is 4.75. The molecule has 3 rings (SSSR count). The fraction of sp³-hybridized carbons (Fsp3) is 0.111. The third-order valence-corrected chi connectivity index (χ3v) is 3.79.